The Morgan fingerprint density at radius 1 is 1.43 bits per heavy atom. The molecule has 72 valence electrons. The molecule has 14 heavy (non-hydrogen) atoms. The second-order valence-corrected chi connectivity index (χ2v) is 3.24. The van der Waals surface area contributed by atoms with Crippen molar-refractivity contribution in [1.82, 2.24) is 0 Å². The molecule has 0 aliphatic carbocycles. The smallest absolute Gasteiger partial charge is 0.216 e. The lowest BCUT2D eigenvalue weighted by Gasteiger charge is -1.99. The summed E-state index contributed by atoms with van der Waals surface area (Å²) in [7, 11) is 0. The number of Topliss-reactive ketones (excluding diaryl/α,β-unsaturated/α-hetero) is 1. The highest BCUT2D eigenvalue weighted by Gasteiger charge is 2.23. The second kappa shape index (κ2) is 3.62. The number of benzene rings is 1. The van der Waals surface area contributed by atoms with Crippen LogP contribution in [-0.2, 0) is 9.53 Å². The molecule has 0 aromatic heterocycles. The van der Waals surface area contributed by atoms with E-state index in [0.29, 0.717) is 12.5 Å². The number of ether oxygens (including phenoxy) is 1. The zero-order valence-electron chi connectivity index (χ0n) is 7.93. The first-order valence-electron chi connectivity index (χ1n) is 4.54. The van der Waals surface area contributed by atoms with Gasteiger partial charge in [0.1, 0.15) is 12.6 Å². The average Bonchev–Trinajstić information content (AvgIpc) is 2.68. The zero-order chi connectivity index (χ0) is 9.97. The van der Waals surface area contributed by atoms with E-state index in [2.05, 4.69) is 4.99 Å². The highest BCUT2D eigenvalue weighted by atomic mass is 16.5. The molecule has 1 unspecified atom stereocenters. The number of nitrogens with zero attached hydrogens (tertiary/aromatic N) is 1. The molecule has 0 N–H and O–H groups in total. The van der Waals surface area contributed by atoms with Crippen molar-refractivity contribution in [2.24, 2.45) is 4.99 Å². The molecule has 0 amide bonds. The number of aliphatic imine (C=N–C) groups is 1. The van der Waals surface area contributed by atoms with Crippen molar-refractivity contribution in [3.05, 3.63) is 35.9 Å². The molecule has 0 radical (unpaired) electrons. The van der Waals surface area contributed by atoms with Gasteiger partial charge in [0.2, 0.25) is 5.90 Å². The molecule has 1 heterocycles. The van der Waals surface area contributed by atoms with Crippen LogP contribution >= 0.6 is 0 Å². The third-order valence-electron chi connectivity index (χ3n) is 2.14. The monoisotopic (exact) mass is 189 g/mol. The maximum atomic E-state index is 11.0. The Balaban J connectivity index is 2.22. The molecule has 1 aromatic carbocycles. The van der Waals surface area contributed by atoms with Crippen LogP contribution < -0.4 is 0 Å². The van der Waals surface area contributed by atoms with E-state index in [0.717, 1.165) is 5.56 Å². The van der Waals surface area contributed by atoms with Gasteiger partial charge >= 0.3 is 0 Å². The van der Waals surface area contributed by atoms with Crippen LogP contribution in [0.25, 0.3) is 0 Å². The minimum atomic E-state index is -0.315. The standard InChI is InChI=1S/C11H11NO2/c1-8(13)10-7-14-11(12-10)9-5-3-2-4-6-9/h2-6,10H,7H2,1H3. The number of ketones is 1. The fourth-order valence-electron chi connectivity index (χ4n) is 1.32. The Bertz CT molecular complexity index is 370. The van der Waals surface area contributed by atoms with Gasteiger partial charge in [0.25, 0.3) is 0 Å². The lowest BCUT2D eigenvalue weighted by Crippen LogP contribution is -2.15. The van der Waals surface area contributed by atoms with Gasteiger partial charge in [0.05, 0.1) is 0 Å². The molecule has 1 atom stereocenters. The maximum Gasteiger partial charge on any atom is 0.216 e. The van der Waals surface area contributed by atoms with E-state index in [-0.39, 0.29) is 11.8 Å². The van der Waals surface area contributed by atoms with Crippen molar-refractivity contribution in [3.63, 3.8) is 0 Å². The highest BCUT2D eigenvalue weighted by molar-refractivity contribution is 5.98. The van der Waals surface area contributed by atoms with E-state index in [9.17, 15) is 4.79 Å². The average molecular weight is 189 g/mol. The first-order valence-corrected chi connectivity index (χ1v) is 4.54. The molecular weight excluding hydrogens is 178 g/mol. The van der Waals surface area contributed by atoms with E-state index >= 15 is 0 Å². The molecule has 0 fully saturated rings. The minimum absolute atomic E-state index is 0.0518. The Labute approximate surface area is 82.4 Å². The van der Waals surface area contributed by atoms with Crippen LogP contribution in [0.5, 0.6) is 0 Å². The molecule has 3 nitrogen and oxygen atoms in total. The summed E-state index contributed by atoms with van der Waals surface area (Å²) < 4.78 is 5.34. The molecule has 3 heteroatoms. The molecule has 0 bridgehead atoms. The van der Waals surface area contributed by atoms with E-state index in [4.69, 9.17) is 4.74 Å². The van der Waals surface area contributed by atoms with Crippen LogP contribution in [-0.4, -0.2) is 24.3 Å². The van der Waals surface area contributed by atoms with Gasteiger partial charge in [-0.05, 0) is 19.1 Å². The number of hydrogen-bond donors (Lipinski definition) is 0. The summed E-state index contributed by atoms with van der Waals surface area (Å²) in [6, 6.07) is 9.29. The first-order chi connectivity index (χ1) is 6.77. The fraction of sp³-hybridized carbons (Fsp3) is 0.273. The summed E-state index contributed by atoms with van der Waals surface area (Å²) in [4.78, 5) is 15.2. The van der Waals surface area contributed by atoms with Crippen molar-refractivity contribution < 1.29 is 9.53 Å². The van der Waals surface area contributed by atoms with Crippen LogP contribution in [0.3, 0.4) is 0 Å². The van der Waals surface area contributed by atoms with E-state index in [1.54, 1.807) is 0 Å². The summed E-state index contributed by atoms with van der Waals surface area (Å²) in [5, 5.41) is 0. The molecule has 0 spiro atoms. The predicted octanol–water partition coefficient (Wildman–Crippen LogP) is 1.42. The summed E-state index contributed by atoms with van der Waals surface area (Å²) in [5.41, 5.74) is 0.927. The molecule has 1 aromatic rings. The van der Waals surface area contributed by atoms with Crippen LogP contribution in [0.4, 0.5) is 0 Å². The topological polar surface area (TPSA) is 38.7 Å². The highest BCUT2D eigenvalue weighted by Crippen LogP contribution is 2.12. The quantitative estimate of drug-likeness (QED) is 0.705. The summed E-state index contributed by atoms with van der Waals surface area (Å²) >= 11 is 0. The van der Waals surface area contributed by atoms with Crippen LogP contribution in [0.15, 0.2) is 35.3 Å². The maximum absolute atomic E-state index is 11.0. The summed E-state index contributed by atoms with van der Waals surface area (Å²) in [5.74, 6) is 0.627. The first kappa shape index (κ1) is 8.94. The number of hydrogen-bond acceptors (Lipinski definition) is 3. The largest absolute Gasteiger partial charge is 0.475 e. The van der Waals surface area contributed by atoms with Gasteiger partial charge in [-0.2, -0.15) is 0 Å². The van der Waals surface area contributed by atoms with Crippen molar-refractivity contribution in [2.45, 2.75) is 13.0 Å². The number of rotatable bonds is 2. The Morgan fingerprint density at radius 3 is 2.71 bits per heavy atom. The van der Waals surface area contributed by atoms with Gasteiger partial charge in [-0.1, -0.05) is 18.2 Å². The number of carbonyl (C=O) groups excluding carboxylic acids is 1. The normalized spacial score (nSPS) is 20.1. The molecule has 0 saturated carbocycles. The second-order valence-electron chi connectivity index (χ2n) is 3.24. The lowest BCUT2D eigenvalue weighted by atomic mass is 10.2. The van der Waals surface area contributed by atoms with Gasteiger partial charge in [0.15, 0.2) is 5.78 Å². The van der Waals surface area contributed by atoms with E-state index in [1.165, 1.54) is 6.92 Å². The van der Waals surface area contributed by atoms with Crippen LogP contribution in [0.1, 0.15) is 12.5 Å². The SMILES string of the molecule is CC(=O)C1COC(c2ccccc2)=N1. The summed E-state index contributed by atoms with van der Waals surface area (Å²) in [6.45, 7) is 1.91. The summed E-state index contributed by atoms with van der Waals surface area (Å²) in [6.07, 6.45) is 0. The van der Waals surface area contributed by atoms with Gasteiger partial charge in [-0.15, -0.1) is 0 Å². The third kappa shape index (κ3) is 1.66. The molecule has 0 saturated heterocycles. The predicted molar refractivity (Wildman–Crippen MR) is 53.4 cm³/mol. The molecule has 2 rings (SSSR count). The van der Waals surface area contributed by atoms with Gasteiger partial charge < -0.3 is 4.74 Å². The minimum Gasteiger partial charge on any atom is -0.475 e. The fourth-order valence-corrected chi connectivity index (χ4v) is 1.32. The molecule has 1 aliphatic rings. The van der Waals surface area contributed by atoms with Gasteiger partial charge in [0, 0.05) is 5.56 Å². The van der Waals surface area contributed by atoms with E-state index in [1.807, 2.05) is 30.3 Å². The van der Waals surface area contributed by atoms with Crippen molar-refractivity contribution >= 4 is 11.7 Å². The lowest BCUT2D eigenvalue weighted by molar-refractivity contribution is -0.118. The Kier molecular flexibility index (Phi) is 2.31. The van der Waals surface area contributed by atoms with Crippen molar-refractivity contribution in [1.29, 1.82) is 0 Å². The zero-order valence-corrected chi connectivity index (χ0v) is 7.93. The third-order valence-corrected chi connectivity index (χ3v) is 2.14. The number of carbonyl (C=O) groups is 1. The van der Waals surface area contributed by atoms with Gasteiger partial charge in [-0.25, -0.2) is 4.99 Å². The molecule has 1 aliphatic heterocycles. The van der Waals surface area contributed by atoms with Crippen molar-refractivity contribution in [3.8, 4) is 0 Å². The molecular formula is C11H11NO2. The van der Waals surface area contributed by atoms with Gasteiger partial charge in [-0.3, -0.25) is 4.79 Å². The Morgan fingerprint density at radius 2 is 2.14 bits per heavy atom. The van der Waals surface area contributed by atoms with Crippen LogP contribution in [0, 0.1) is 0 Å². The van der Waals surface area contributed by atoms with Crippen molar-refractivity contribution in [2.75, 3.05) is 6.61 Å². The van der Waals surface area contributed by atoms with E-state index < -0.39 is 0 Å². The Hall–Kier alpha value is -1.64. The van der Waals surface area contributed by atoms with Crippen LogP contribution in [0.2, 0.25) is 0 Å².